The van der Waals surface area contributed by atoms with Gasteiger partial charge >= 0.3 is 0 Å². The Hall–Kier alpha value is -0.120. The van der Waals surface area contributed by atoms with Gasteiger partial charge in [0.05, 0.1) is 12.2 Å². The van der Waals surface area contributed by atoms with E-state index in [4.69, 9.17) is 4.74 Å². The van der Waals surface area contributed by atoms with Gasteiger partial charge in [-0.3, -0.25) is 0 Å². The second-order valence-corrected chi connectivity index (χ2v) is 3.80. The third kappa shape index (κ3) is 2.44. The number of aliphatic hydroxyl groups is 1. The molecule has 0 aromatic heterocycles. The Morgan fingerprint density at radius 2 is 2.42 bits per heavy atom. The molecule has 1 aliphatic rings. The molecule has 72 valence electrons. The Kier molecular flexibility index (Phi) is 3.50. The summed E-state index contributed by atoms with van der Waals surface area (Å²) in [4.78, 5) is 0. The highest BCUT2D eigenvalue weighted by Gasteiger charge is 2.32. The van der Waals surface area contributed by atoms with Gasteiger partial charge in [0.1, 0.15) is 0 Å². The first-order valence-corrected chi connectivity index (χ1v) is 4.61. The smallest absolute Gasteiger partial charge is 0.0793 e. The van der Waals surface area contributed by atoms with E-state index in [1.807, 2.05) is 14.0 Å². The fourth-order valence-corrected chi connectivity index (χ4v) is 1.73. The molecule has 1 heterocycles. The summed E-state index contributed by atoms with van der Waals surface area (Å²) >= 11 is 0. The highest BCUT2D eigenvalue weighted by atomic mass is 16.5. The van der Waals surface area contributed by atoms with Gasteiger partial charge < -0.3 is 15.2 Å². The van der Waals surface area contributed by atoms with E-state index in [2.05, 4.69) is 5.32 Å². The van der Waals surface area contributed by atoms with Crippen LogP contribution in [-0.4, -0.2) is 37.5 Å². The Labute approximate surface area is 74.1 Å². The van der Waals surface area contributed by atoms with E-state index in [1.165, 1.54) is 0 Å². The standard InChI is InChI=1S/C9H19NO2/c1-9(11,7-10-2)8-4-3-5-12-6-8/h8,10-11H,3-7H2,1-2H3. The molecule has 1 fully saturated rings. The van der Waals surface area contributed by atoms with Gasteiger partial charge in [-0.05, 0) is 26.8 Å². The SMILES string of the molecule is CNCC(C)(O)C1CCCOC1. The van der Waals surface area contributed by atoms with Crippen molar-refractivity contribution in [2.75, 3.05) is 26.8 Å². The van der Waals surface area contributed by atoms with Crippen molar-refractivity contribution >= 4 is 0 Å². The lowest BCUT2D eigenvalue weighted by Crippen LogP contribution is -2.46. The van der Waals surface area contributed by atoms with Crippen LogP contribution in [0, 0.1) is 5.92 Å². The number of hydrogen-bond donors (Lipinski definition) is 2. The quantitative estimate of drug-likeness (QED) is 0.648. The predicted octanol–water partition coefficient (Wildman–Crippen LogP) is 0.383. The Morgan fingerprint density at radius 1 is 1.67 bits per heavy atom. The third-order valence-corrected chi connectivity index (χ3v) is 2.57. The molecular weight excluding hydrogens is 154 g/mol. The summed E-state index contributed by atoms with van der Waals surface area (Å²) < 4.78 is 5.33. The summed E-state index contributed by atoms with van der Waals surface area (Å²) in [5.74, 6) is 0.290. The summed E-state index contributed by atoms with van der Waals surface area (Å²) in [6.45, 7) is 4.07. The first kappa shape index (κ1) is 9.96. The molecule has 3 heteroatoms. The molecule has 0 bridgehead atoms. The van der Waals surface area contributed by atoms with Gasteiger partial charge in [0, 0.05) is 19.1 Å². The minimum atomic E-state index is -0.616. The molecule has 0 spiro atoms. The largest absolute Gasteiger partial charge is 0.388 e. The maximum atomic E-state index is 10.00. The molecular formula is C9H19NO2. The Balaban J connectivity index is 2.41. The van der Waals surface area contributed by atoms with Crippen LogP contribution >= 0.6 is 0 Å². The van der Waals surface area contributed by atoms with Crippen LogP contribution < -0.4 is 5.32 Å². The zero-order valence-electron chi connectivity index (χ0n) is 7.97. The second-order valence-electron chi connectivity index (χ2n) is 3.80. The van der Waals surface area contributed by atoms with Gasteiger partial charge in [-0.25, -0.2) is 0 Å². The molecule has 0 aliphatic carbocycles. The molecule has 2 N–H and O–H groups in total. The molecule has 0 aromatic rings. The van der Waals surface area contributed by atoms with E-state index < -0.39 is 5.60 Å². The zero-order valence-corrected chi connectivity index (χ0v) is 7.97. The van der Waals surface area contributed by atoms with Crippen LogP contribution in [0.5, 0.6) is 0 Å². The predicted molar refractivity (Wildman–Crippen MR) is 48.1 cm³/mol. The Morgan fingerprint density at radius 3 is 2.92 bits per heavy atom. The summed E-state index contributed by atoms with van der Waals surface area (Å²) in [5.41, 5.74) is -0.616. The summed E-state index contributed by atoms with van der Waals surface area (Å²) in [6.07, 6.45) is 2.15. The average molecular weight is 173 g/mol. The molecule has 12 heavy (non-hydrogen) atoms. The molecule has 1 saturated heterocycles. The van der Waals surface area contributed by atoms with Crippen molar-refractivity contribution in [3.63, 3.8) is 0 Å². The maximum absolute atomic E-state index is 10.00. The van der Waals surface area contributed by atoms with Gasteiger partial charge in [0.25, 0.3) is 0 Å². The second kappa shape index (κ2) is 4.21. The van der Waals surface area contributed by atoms with E-state index in [0.29, 0.717) is 19.1 Å². The van der Waals surface area contributed by atoms with Crippen LogP contribution in [0.1, 0.15) is 19.8 Å². The summed E-state index contributed by atoms with van der Waals surface area (Å²) in [6, 6.07) is 0. The van der Waals surface area contributed by atoms with E-state index in [1.54, 1.807) is 0 Å². The van der Waals surface area contributed by atoms with Gasteiger partial charge in [0.2, 0.25) is 0 Å². The highest BCUT2D eigenvalue weighted by molar-refractivity contribution is 4.85. The normalized spacial score (nSPS) is 29.8. The van der Waals surface area contributed by atoms with Crippen molar-refractivity contribution < 1.29 is 9.84 Å². The van der Waals surface area contributed by atoms with E-state index >= 15 is 0 Å². The number of ether oxygens (including phenoxy) is 1. The Bertz CT molecular complexity index is 130. The topological polar surface area (TPSA) is 41.5 Å². The molecule has 1 aliphatic heterocycles. The van der Waals surface area contributed by atoms with Crippen molar-refractivity contribution in [3.05, 3.63) is 0 Å². The van der Waals surface area contributed by atoms with Crippen LogP contribution in [-0.2, 0) is 4.74 Å². The van der Waals surface area contributed by atoms with Crippen LogP contribution in [0.4, 0.5) is 0 Å². The number of nitrogens with one attached hydrogen (secondary N) is 1. The van der Waals surface area contributed by atoms with Crippen LogP contribution in [0.2, 0.25) is 0 Å². The van der Waals surface area contributed by atoms with Gasteiger partial charge in [-0.1, -0.05) is 0 Å². The van der Waals surface area contributed by atoms with Gasteiger partial charge in [-0.2, -0.15) is 0 Å². The monoisotopic (exact) mass is 173 g/mol. The van der Waals surface area contributed by atoms with Gasteiger partial charge in [-0.15, -0.1) is 0 Å². The van der Waals surface area contributed by atoms with Crippen molar-refractivity contribution in [1.82, 2.24) is 5.32 Å². The van der Waals surface area contributed by atoms with Crippen molar-refractivity contribution in [2.24, 2.45) is 5.92 Å². The van der Waals surface area contributed by atoms with Crippen molar-refractivity contribution in [3.8, 4) is 0 Å². The number of rotatable bonds is 3. The molecule has 3 nitrogen and oxygen atoms in total. The van der Waals surface area contributed by atoms with Crippen LogP contribution in [0.3, 0.4) is 0 Å². The lowest BCUT2D eigenvalue weighted by Gasteiger charge is -2.35. The lowest BCUT2D eigenvalue weighted by atomic mass is 9.85. The summed E-state index contributed by atoms with van der Waals surface area (Å²) in [7, 11) is 1.86. The average Bonchev–Trinajstić information content (AvgIpc) is 2.06. The van der Waals surface area contributed by atoms with Crippen molar-refractivity contribution in [2.45, 2.75) is 25.4 Å². The number of hydrogen-bond acceptors (Lipinski definition) is 3. The number of likely N-dealkylation sites (N-methyl/N-ethyl adjacent to an activating group) is 1. The summed E-state index contributed by atoms with van der Waals surface area (Å²) in [5, 5.41) is 13.0. The molecule has 2 atom stereocenters. The van der Waals surface area contributed by atoms with Crippen LogP contribution in [0.15, 0.2) is 0 Å². The van der Waals surface area contributed by atoms with E-state index in [9.17, 15) is 5.11 Å². The fraction of sp³-hybridized carbons (Fsp3) is 1.00. The first-order valence-electron chi connectivity index (χ1n) is 4.61. The molecule has 0 amide bonds. The maximum Gasteiger partial charge on any atom is 0.0793 e. The van der Waals surface area contributed by atoms with E-state index in [0.717, 1.165) is 19.4 Å². The van der Waals surface area contributed by atoms with Crippen LogP contribution in [0.25, 0.3) is 0 Å². The molecule has 0 saturated carbocycles. The van der Waals surface area contributed by atoms with E-state index in [-0.39, 0.29) is 0 Å². The molecule has 2 unspecified atom stereocenters. The zero-order chi connectivity index (χ0) is 9.03. The van der Waals surface area contributed by atoms with Crippen molar-refractivity contribution in [1.29, 1.82) is 0 Å². The fourth-order valence-electron chi connectivity index (χ4n) is 1.73. The lowest BCUT2D eigenvalue weighted by molar-refractivity contribution is -0.0655. The molecule has 0 radical (unpaired) electrons. The first-order chi connectivity index (χ1) is 5.67. The molecule has 0 aromatic carbocycles. The minimum absolute atomic E-state index is 0.290. The minimum Gasteiger partial charge on any atom is -0.388 e. The third-order valence-electron chi connectivity index (χ3n) is 2.57. The molecule has 1 rings (SSSR count). The van der Waals surface area contributed by atoms with Gasteiger partial charge in [0.15, 0.2) is 0 Å². The highest BCUT2D eigenvalue weighted by Crippen LogP contribution is 2.25.